The largest absolute Gasteiger partial charge is 0.803 e. The summed E-state index contributed by atoms with van der Waals surface area (Å²) in [5, 5.41) is 29.4. The van der Waals surface area contributed by atoms with Crippen LogP contribution in [0.4, 0.5) is 0 Å². The smallest absolute Gasteiger partial charge is 0.0849 e. The van der Waals surface area contributed by atoms with Crippen molar-refractivity contribution in [2.24, 2.45) is 10.1 Å². The van der Waals surface area contributed by atoms with Crippen molar-refractivity contribution in [3.63, 3.8) is 0 Å². The molecule has 0 unspecified atom stereocenters. The first-order chi connectivity index (χ1) is 6.56. The van der Waals surface area contributed by atoms with Gasteiger partial charge in [-0.15, -0.1) is 10.7 Å². The first kappa shape index (κ1) is 14.3. The Labute approximate surface area is 113 Å². The molecular formula is C9H12N4OY-2. The van der Waals surface area contributed by atoms with Crippen LogP contribution in [0, 0.1) is 0 Å². The minimum atomic E-state index is -0.464. The van der Waals surface area contributed by atoms with Gasteiger partial charge in [0.05, 0.1) is 5.36 Å². The molecule has 0 aromatic heterocycles. The van der Waals surface area contributed by atoms with E-state index in [4.69, 9.17) is 5.21 Å². The first-order valence-corrected chi connectivity index (χ1v) is 4.17. The van der Waals surface area contributed by atoms with Gasteiger partial charge in [-0.2, -0.15) is 0 Å². The third-order valence-electron chi connectivity index (χ3n) is 1.61. The molecule has 0 spiro atoms. The topological polar surface area (TPSA) is 89.5 Å². The van der Waals surface area contributed by atoms with Crippen molar-refractivity contribution < 1.29 is 39.3 Å². The number of hydrogen-bond donors (Lipinski definition) is 1. The molecule has 0 aliphatic heterocycles. The summed E-state index contributed by atoms with van der Waals surface area (Å²) in [5.74, 6) is 0. The summed E-state index contributed by atoms with van der Waals surface area (Å²) >= 11 is 0. The zero-order chi connectivity index (χ0) is 10.7. The van der Waals surface area contributed by atoms with Crippen molar-refractivity contribution in [2.75, 3.05) is 0 Å². The number of nitrogens with zero attached hydrogens (tertiary/aromatic N) is 4. The Hall–Kier alpha value is -0.676. The monoisotopic (exact) mass is 281 g/mol. The average molecular weight is 281 g/mol. The molecule has 1 N–H and O–H groups in total. The normalized spacial score (nSPS) is 13.0. The maximum Gasteiger partial charge on any atom is 0.0849 e. The van der Waals surface area contributed by atoms with E-state index >= 15 is 0 Å². The number of benzene rings is 1. The van der Waals surface area contributed by atoms with Crippen molar-refractivity contribution in [1.29, 1.82) is 0 Å². The quantitative estimate of drug-likeness (QED) is 0.537. The fourth-order valence-electron chi connectivity index (χ4n) is 1.02. The molecule has 1 aromatic rings. The Balaban J connectivity index is 0. The van der Waals surface area contributed by atoms with Crippen LogP contribution in [-0.2, 0) is 32.7 Å². The fraction of sp³-hybridized carbons (Fsp3) is 0.333. The van der Waals surface area contributed by atoms with E-state index in [1.54, 1.807) is 0 Å². The van der Waals surface area contributed by atoms with Crippen LogP contribution in [0.1, 0.15) is 15.3 Å². The molecule has 1 rings (SSSR count). The first-order valence-electron chi connectivity index (χ1n) is 4.17. The number of hydrogen-bond acceptors (Lipinski definition) is 3. The van der Waals surface area contributed by atoms with Crippen molar-refractivity contribution in [1.82, 2.24) is 0 Å². The summed E-state index contributed by atoms with van der Waals surface area (Å²) in [6, 6.07) is 2.86. The third-order valence-corrected chi connectivity index (χ3v) is 1.61. The molecule has 1 radical (unpaired) electrons. The molecule has 0 saturated heterocycles. The molecule has 0 atom stereocenters. The van der Waals surface area contributed by atoms with Crippen molar-refractivity contribution >= 4 is 0 Å². The van der Waals surface area contributed by atoms with E-state index in [2.05, 4.69) is 10.1 Å². The Kier molecular flexibility index (Phi) is 5.76. The predicted octanol–water partition coefficient (Wildman–Crippen LogP) is -0.655. The molecule has 0 amide bonds. The Morgan fingerprint density at radius 3 is 2.13 bits per heavy atom. The molecule has 0 fully saturated rings. The SMILES string of the molecule is CC(C)N=c1cc/c(=N/O)c(=[N-])c1=[N-].[HH].[Y]. The average Bonchev–Trinajstić information content (AvgIpc) is 2.13. The Bertz CT molecular complexity index is 546. The molecule has 6 heteroatoms. The van der Waals surface area contributed by atoms with E-state index in [0.29, 0.717) is 0 Å². The predicted molar refractivity (Wildman–Crippen MR) is 52.0 cm³/mol. The van der Waals surface area contributed by atoms with E-state index in [-0.39, 0.29) is 56.2 Å². The molecule has 0 heterocycles. The number of rotatable bonds is 1. The molecule has 5 nitrogen and oxygen atoms in total. The summed E-state index contributed by atoms with van der Waals surface area (Å²) < 4.78 is 0. The van der Waals surface area contributed by atoms with Crippen LogP contribution in [0.5, 0.6) is 0 Å². The van der Waals surface area contributed by atoms with E-state index in [0.717, 1.165) is 0 Å². The van der Waals surface area contributed by atoms with Crippen LogP contribution in [-0.4, -0.2) is 11.2 Å². The van der Waals surface area contributed by atoms with Crippen LogP contribution in [0.2, 0.25) is 0 Å². The van der Waals surface area contributed by atoms with Gasteiger partial charge in [0, 0.05) is 45.5 Å². The van der Waals surface area contributed by atoms with Crippen LogP contribution in [0.15, 0.2) is 22.3 Å². The molecule has 1 aromatic carbocycles. The molecular weight excluding hydrogens is 269 g/mol. The molecule has 79 valence electrons. The van der Waals surface area contributed by atoms with Gasteiger partial charge in [-0.1, -0.05) is 5.16 Å². The van der Waals surface area contributed by atoms with Crippen LogP contribution < -0.4 is 21.4 Å². The summed E-state index contributed by atoms with van der Waals surface area (Å²) in [4.78, 5) is 4.06. The fourth-order valence-corrected chi connectivity index (χ4v) is 1.02. The maximum absolute atomic E-state index is 9.44. The van der Waals surface area contributed by atoms with Gasteiger partial charge in [-0.3, -0.25) is 4.99 Å². The van der Waals surface area contributed by atoms with Gasteiger partial charge in [0.25, 0.3) is 0 Å². The Morgan fingerprint density at radius 2 is 1.67 bits per heavy atom. The van der Waals surface area contributed by atoms with Crippen LogP contribution in [0.25, 0.3) is 10.8 Å². The summed E-state index contributed by atoms with van der Waals surface area (Å²) in [6.07, 6.45) is 0. The van der Waals surface area contributed by atoms with Crippen molar-refractivity contribution in [3.05, 3.63) is 44.4 Å². The van der Waals surface area contributed by atoms with Gasteiger partial charge in [-0.05, 0) is 26.0 Å². The van der Waals surface area contributed by atoms with Crippen molar-refractivity contribution in [2.45, 2.75) is 19.9 Å². The van der Waals surface area contributed by atoms with Crippen LogP contribution in [0.3, 0.4) is 0 Å². The zero-order valence-electron chi connectivity index (χ0n) is 8.55. The minimum absolute atomic E-state index is 0. The Morgan fingerprint density at radius 1 is 1.20 bits per heavy atom. The molecule has 15 heavy (non-hydrogen) atoms. The standard InChI is InChI=1S/C9H10N4O.Y.H2/c1-5(2)12-6-3-4-7(13-14)9(11)8(6)10;;/h3-5,14H,1-2H3;;1H/q-2;;/b12-6?,13-7-;;. The van der Waals surface area contributed by atoms with Gasteiger partial charge in [-0.25, -0.2) is 0 Å². The maximum atomic E-state index is 9.44. The van der Waals surface area contributed by atoms with Gasteiger partial charge in [0.15, 0.2) is 0 Å². The van der Waals surface area contributed by atoms with Gasteiger partial charge in [0.2, 0.25) is 0 Å². The van der Waals surface area contributed by atoms with E-state index in [1.165, 1.54) is 12.1 Å². The van der Waals surface area contributed by atoms with E-state index < -0.39 is 5.36 Å². The molecule has 0 saturated carbocycles. The van der Waals surface area contributed by atoms with Crippen molar-refractivity contribution in [3.8, 4) is 0 Å². The second-order valence-electron chi connectivity index (χ2n) is 3.12. The minimum Gasteiger partial charge on any atom is -0.803 e. The molecule has 0 aliphatic carbocycles. The second kappa shape index (κ2) is 6.03. The molecule has 0 bridgehead atoms. The third kappa shape index (κ3) is 3.43. The van der Waals surface area contributed by atoms with Gasteiger partial charge >= 0.3 is 0 Å². The van der Waals surface area contributed by atoms with Crippen LogP contribution >= 0.6 is 0 Å². The van der Waals surface area contributed by atoms with E-state index in [1.807, 2.05) is 13.8 Å². The summed E-state index contributed by atoms with van der Waals surface area (Å²) in [6.45, 7) is 3.70. The second-order valence-corrected chi connectivity index (χ2v) is 3.12. The zero-order valence-corrected chi connectivity index (χ0v) is 11.4. The molecule has 0 aliphatic rings. The van der Waals surface area contributed by atoms with Gasteiger partial charge in [0.1, 0.15) is 0 Å². The summed E-state index contributed by atoms with van der Waals surface area (Å²) in [7, 11) is 0. The van der Waals surface area contributed by atoms with E-state index in [9.17, 15) is 10.8 Å². The summed E-state index contributed by atoms with van der Waals surface area (Å²) in [5.41, 5.74) is 0. The van der Waals surface area contributed by atoms with Gasteiger partial charge < -0.3 is 16.0 Å².